The highest BCUT2D eigenvalue weighted by atomic mass is 32.2. The molecule has 0 radical (unpaired) electrons. The van der Waals surface area contributed by atoms with Crippen LogP contribution >= 0.6 is 48.0 Å². The number of thiocarbonyl (C=S) groups is 2. The van der Waals surface area contributed by atoms with Crippen molar-refractivity contribution in [1.82, 2.24) is 31.5 Å². The molecule has 6 N–H and O–H groups in total. The van der Waals surface area contributed by atoms with E-state index in [-0.39, 0.29) is 57.1 Å². The first-order valence-electron chi connectivity index (χ1n) is 15.5. The number of carbonyl (C=O) groups is 6. The van der Waals surface area contributed by atoms with E-state index in [1.165, 1.54) is 34.1 Å². The average molecular weight is 759 g/mol. The Morgan fingerprint density at radius 3 is 1.34 bits per heavy atom. The van der Waals surface area contributed by atoms with E-state index in [0.717, 1.165) is 23.5 Å². The van der Waals surface area contributed by atoms with E-state index in [0.29, 0.717) is 60.3 Å². The molecule has 0 aromatic heterocycles. The summed E-state index contributed by atoms with van der Waals surface area (Å²) in [6, 6.07) is 11.9. The maximum absolute atomic E-state index is 13.2. The summed E-state index contributed by atoms with van der Waals surface area (Å²) in [5.74, 6) is -3.24. The Kier molecular flexibility index (Phi) is 14.1. The monoisotopic (exact) mass is 758 g/mol. The number of aromatic hydroxyl groups is 2. The largest absolute Gasteiger partial charge is 0.507 e. The molecule has 0 atom stereocenters. The van der Waals surface area contributed by atoms with Crippen molar-refractivity contribution < 1.29 is 39.0 Å². The second-order valence-corrected chi connectivity index (χ2v) is 14.3. The number of hydrogen-bond donors (Lipinski definition) is 6. The van der Waals surface area contributed by atoms with Crippen molar-refractivity contribution in [3.05, 3.63) is 69.5 Å². The molecule has 0 unspecified atom stereocenters. The number of rotatable bonds is 14. The first-order chi connectivity index (χ1) is 24.0. The zero-order chi connectivity index (χ0) is 36.2. The van der Waals surface area contributed by atoms with Crippen molar-refractivity contribution in [1.29, 1.82) is 0 Å². The van der Waals surface area contributed by atoms with Crippen LogP contribution in [0.4, 0.5) is 0 Å². The summed E-state index contributed by atoms with van der Waals surface area (Å²) >= 11 is 12.9. The van der Waals surface area contributed by atoms with Crippen molar-refractivity contribution in [3.63, 3.8) is 0 Å². The number of para-hydroxylation sites is 2. The number of benzene rings is 2. The van der Waals surface area contributed by atoms with E-state index < -0.39 is 23.6 Å². The number of phenolic OH excluding ortho intramolecular Hbond substituents is 2. The number of amides is 6. The van der Waals surface area contributed by atoms with Crippen LogP contribution in [0.5, 0.6) is 11.5 Å². The van der Waals surface area contributed by atoms with Gasteiger partial charge in [-0.05, 0) is 49.9 Å². The number of hydrazine groups is 2. The third kappa shape index (κ3) is 10.3. The molecule has 2 fully saturated rings. The Balaban J connectivity index is 1.13. The van der Waals surface area contributed by atoms with Crippen LogP contribution in [0, 0.1) is 0 Å². The van der Waals surface area contributed by atoms with Crippen LogP contribution in [0.1, 0.15) is 72.1 Å². The third-order valence-corrected chi connectivity index (χ3v) is 10.4. The number of phenols is 2. The van der Waals surface area contributed by atoms with Crippen LogP contribution in [0.3, 0.4) is 0 Å². The molecular weight excluding hydrogens is 725 g/mol. The lowest BCUT2D eigenvalue weighted by Gasteiger charge is -2.14. The SMILES string of the molecule is O=C(CCCCCN1C(=O)C(=C2SC(=S)N(CCCCCC(=O)NNC(=O)c3ccccc3O)C2=O)SC1=S)NNC(=O)c1ccccc1O. The van der Waals surface area contributed by atoms with Crippen molar-refractivity contribution >= 4 is 92.0 Å². The highest BCUT2D eigenvalue weighted by Gasteiger charge is 2.41. The molecule has 0 aliphatic carbocycles. The van der Waals surface area contributed by atoms with Crippen molar-refractivity contribution in [2.75, 3.05) is 13.1 Å². The van der Waals surface area contributed by atoms with Gasteiger partial charge in [0, 0.05) is 25.9 Å². The Bertz CT molecular complexity index is 1610. The van der Waals surface area contributed by atoms with Crippen LogP contribution in [0.2, 0.25) is 0 Å². The Labute approximate surface area is 306 Å². The van der Waals surface area contributed by atoms with Gasteiger partial charge < -0.3 is 10.2 Å². The summed E-state index contributed by atoms with van der Waals surface area (Å²) < 4.78 is 0.657. The molecular formula is C32H34N6O8S4. The standard InChI is InChI=1S/C32H34N6O8S4/c39-21-13-7-5-11-19(21)27(43)35-33-23(41)15-3-1-9-17-37-29(45)25(49-31(37)47)26-30(46)38(32(48)50-26)18-10-2-4-16-24(42)34-36-28(44)20-12-6-8-14-22(20)40/h5-8,11-14,39-40H,1-4,9-10,15-18H2,(H,33,41)(H,34,42)(H,35,43)(H,36,44). The molecule has 0 saturated carbocycles. The molecule has 264 valence electrons. The van der Waals surface area contributed by atoms with E-state index in [1.807, 2.05) is 0 Å². The fraction of sp³-hybridized carbons (Fsp3) is 0.312. The predicted octanol–water partition coefficient (Wildman–Crippen LogP) is 3.37. The van der Waals surface area contributed by atoms with Gasteiger partial charge in [-0.3, -0.25) is 60.3 Å². The van der Waals surface area contributed by atoms with Gasteiger partial charge in [0.05, 0.1) is 20.9 Å². The lowest BCUT2D eigenvalue weighted by molar-refractivity contribution is -0.124. The smallest absolute Gasteiger partial charge is 0.273 e. The normalized spacial score (nSPS) is 15.8. The minimum atomic E-state index is -0.642. The van der Waals surface area contributed by atoms with Gasteiger partial charge in [0.15, 0.2) is 0 Å². The molecule has 2 aliphatic rings. The Morgan fingerprint density at radius 2 is 0.960 bits per heavy atom. The molecule has 14 nitrogen and oxygen atoms in total. The van der Waals surface area contributed by atoms with E-state index in [1.54, 1.807) is 24.3 Å². The zero-order valence-electron chi connectivity index (χ0n) is 26.6. The molecule has 50 heavy (non-hydrogen) atoms. The molecule has 2 aromatic rings. The summed E-state index contributed by atoms with van der Waals surface area (Å²) in [4.78, 5) is 78.2. The minimum absolute atomic E-state index is 0.0331. The maximum Gasteiger partial charge on any atom is 0.273 e. The lowest BCUT2D eigenvalue weighted by atomic mass is 10.2. The molecule has 2 aromatic carbocycles. The number of unbranched alkanes of at least 4 members (excludes halogenated alkanes) is 4. The van der Waals surface area contributed by atoms with Crippen LogP contribution in [0.15, 0.2) is 58.3 Å². The molecule has 0 bridgehead atoms. The summed E-state index contributed by atoms with van der Waals surface area (Å²) in [5.41, 5.74) is 9.21. The summed E-state index contributed by atoms with van der Waals surface area (Å²) in [5, 5.41) is 19.5. The van der Waals surface area contributed by atoms with Crippen LogP contribution in [-0.4, -0.2) is 77.2 Å². The van der Waals surface area contributed by atoms with Crippen LogP contribution in [0.25, 0.3) is 0 Å². The fourth-order valence-electron chi connectivity index (χ4n) is 4.76. The van der Waals surface area contributed by atoms with Gasteiger partial charge in [-0.25, -0.2) is 0 Å². The number of thioether (sulfide) groups is 2. The Hall–Kier alpha value is -4.52. The fourth-order valence-corrected chi connectivity index (χ4v) is 7.54. The zero-order valence-corrected chi connectivity index (χ0v) is 29.8. The summed E-state index contributed by atoms with van der Waals surface area (Å²) in [6.45, 7) is 0.623. The van der Waals surface area contributed by atoms with Crippen molar-refractivity contribution in [3.8, 4) is 11.5 Å². The molecule has 0 spiro atoms. The van der Waals surface area contributed by atoms with Crippen LogP contribution in [-0.2, 0) is 19.2 Å². The van der Waals surface area contributed by atoms with Crippen molar-refractivity contribution in [2.45, 2.75) is 51.4 Å². The highest BCUT2D eigenvalue weighted by molar-refractivity contribution is 8.29. The van der Waals surface area contributed by atoms with Gasteiger partial charge in [0.25, 0.3) is 23.6 Å². The van der Waals surface area contributed by atoms with Gasteiger partial charge >= 0.3 is 0 Å². The molecule has 4 rings (SSSR count). The first kappa shape index (κ1) is 38.3. The maximum atomic E-state index is 13.2. The van der Waals surface area contributed by atoms with E-state index in [9.17, 15) is 39.0 Å². The number of nitrogens with zero attached hydrogens (tertiary/aromatic N) is 2. The van der Waals surface area contributed by atoms with Gasteiger partial charge in [-0.2, -0.15) is 0 Å². The quantitative estimate of drug-likeness (QED) is 0.0713. The summed E-state index contributed by atoms with van der Waals surface area (Å²) in [7, 11) is 0. The highest BCUT2D eigenvalue weighted by Crippen LogP contribution is 2.42. The number of nitrogens with one attached hydrogen (secondary N) is 4. The van der Waals surface area contributed by atoms with E-state index in [2.05, 4.69) is 21.7 Å². The number of carbonyl (C=O) groups excluding carboxylic acids is 6. The van der Waals surface area contributed by atoms with Gasteiger partial charge in [0.2, 0.25) is 11.8 Å². The molecule has 2 heterocycles. The van der Waals surface area contributed by atoms with Gasteiger partial charge in [-0.1, -0.05) is 85.1 Å². The van der Waals surface area contributed by atoms with Gasteiger partial charge in [-0.15, -0.1) is 0 Å². The Morgan fingerprint density at radius 1 is 0.580 bits per heavy atom. The molecule has 2 aliphatic heterocycles. The van der Waals surface area contributed by atoms with E-state index in [4.69, 9.17) is 24.4 Å². The topological polar surface area (TPSA) is 197 Å². The van der Waals surface area contributed by atoms with E-state index >= 15 is 0 Å². The first-order valence-corrected chi connectivity index (χ1v) is 18.0. The average Bonchev–Trinajstić information content (AvgIpc) is 3.54. The second kappa shape index (κ2) is 18.5. The second-order valence-electron chi connectivity index (χ2n) is 11.0. The summed E-state index contributed by atoms with van der Waals surface area (Å²) in [6.07, 6.45) is 3.56. The molecule has 18 heteroatoms. The van der Waals surface area contributed by atoms with Crippen molar-refractivity contribution in [2.24, 2.45) is 0 Å². The van der Waals surface area contributed by atoms with Crippen LogP contribution < -0.4 is 21.7 Å². The molecule has 2 saturated heterocycles. The lowest BCUT2D eigenvalue weighted by Crippen LogP contribution is -2.41. The molecule has 6 amide bonds. The third-order valence-electron chi connectivity index (χ3n) is 7.40. The van der Waals surface area contributed by atoms with Gasteiger partial charge in [0.1, 0.15) is 20.1 Å². The number of hydrogen-bond acceptors (Lipinski definition) is 12. The minimum Gasteiger partial charge on any atom is -0.507 e. The predicted molar refractivity (Wildman–Crippen MR) is 195 cm³/mol.